The standard InChI is InChI=1S/C31H38F2N2O5/c1-4-5-27-39-26-14-20-21-13-23(32)22-12-19(36)10-11-28(22,2)30(21,33)24(37)15-29(20,3)31(26,40-27)25(38)16-35-18-8-6-17(34)7-9-18/h6-12,20-21,23-24,26-27,35,37H,4-5,13-16,34H2,1-3H3/t20?,21?,23-,24?,26?,27?,28?,29?,30-,31?/m0/s1. The molecule has 0 radical (unpaired) electrons. The number of nitrogens with one attached hydrogen (secondary N) is 1. The number of alkyl halides is 2. The number of nitrogen functional groups attached to an aromatic ring is 1. The zero-order valence-corrected chi connectivity index (χ0v) is 23.2. The van der Waals surface area contributed by atoms with Gasteiger partial charge in [0.2, 0.25) is 0 Å². The molecular formula is C31H38F2N2O5. The Morgan fingerprint density at radius 2 is 1.93 bits per heavy atom. The van der Waals surface area contributed by atoms with Gasteiger partial charge in [-0.3, -0.25) is 9.59 Å². The molecule has 1 aliphatic heterocycles. The summed E-state index contributed by atoms with van der Waals surface area (Å²) in [7, 11) is 0. The van der Waals surface area contributed by atoms with Gasteiger partial charge in [0.15, 0.2) is 29.1 Å². The zero-order valence-electron chi connectivity index (χ0n) is 23.2. The number of hydrogen-bond acceptors (Lipinski definition) is 7. The van der Waals surface area contributed by atoms with E-state index in [2.05, 4.69) is 5.32 Å². The van der Waals surface area contributed by atoms with Crippen LogP contribution in [0.1, 0.15) is 52.9 Å². The maximum atomic E-state index is 17.5. The maximum absolute atomic E-state index is 17.5. The molecule has 40 heavy (non-hydrogen) atoms. The summed E-state index contributed by atoms with van der Waals surface area (Å²) in [6.45, 7) is 5.39. The Bertz CT molecular complexity index is 1280. The second-order valence-corrected chi connectivity index (χ2v) is 12.7. The van der Waals surface area contributed by atoms with Gasteiger partial charge in [-0.05, 0) is 80.5 Å². The first-order valence-corrected chi connectivity index (χ1v) is 14.3. The highest BCUT2D eigenvalue weighted by Gasteiger charge is 2.79. The van der Waals surface area contributed by atoms with Crippen molar-refractivity contribution < 1.29 is 33.0 Å². The van der Waals surface area contributed by atoms with E-state index in [1.165, 1.54) is 18.2 Å². The average molecular weight is 557 g/mol. The summed E-state index contributed by atoms with van der Waals surface area (Å²) in [6, 6.07) is 7.03. The van der Waals surface area contributed by atoms with Crippen molar-refractivity contribution in [1.29, 1.82) is 0 Å². The minimum atomic E-state index is -2.23. The molecular weight excluding hydrogens is 518 g/mol. The minimum absolute atomic E-state index is 0.0570. The Morgan fingerprint density at radius 3 is 2.62 bits per heavy atom. The van der Waals surface area contributed by atoms with Crippen molar-refractivity contribution in [3.8, 4) is 0 Å². The van der Waals surface area contributed by atoms with E-state index in [1.807, 2.05) is 13.8 Å². The van der Waals surface area contributed by atoms with Crippen LogP contribution in [0.15, 0.2) is 48.1 Å². The highest BCUT2D eigenvalue weighted by Crippen LogP contribution is 2.72. The maximum Gasteiger partial charge on any atom is 0.186 e. The first-order chi connectivity index (χ1) is 18.9. The fourth-order valence-corrected chi connectivity index (χ4v) is 8.80. The van der Waals surface area contributed by atoms with Crippen LogP contribution in [0.25, 0.3) is 0 Å². The number of aliphatic hydroxyl groups is 1. The van der Waals surface area contributed by atoms with Gasteiger partial charge in [0.05, 0.1) is 18.8 Å². The molecule has 1 heterocycles. The first kappa shape index (κ1) is 27.5. The molecule has 9 heteroatoms. The molecule has 10 atom stereocenters. The molecule has 5 aliphatic rings. The lowest BCUT2D eigenvalue weighted by Crippen LogP contribution is -2.71. The van der Waals surface area contributed by atoms with Gasteiger partial charge >= 0.3 is 0 Å². The molecule has 7 nitrogen and oxygen atoms in total. The number of allylic oxidation sites excluding steroid dienone is 4. The van der Waals surface area contributed by atoms with Gasteiger partial charge in [0, 0.05) is 28.1 Å². The van der Waals surface area contributed by atoms with Crippen molar-refractivity contribution >= 4 is 22.9 Å². The van der Waals surface area contributed by atoms with E-state index in [-0.39, 0.29) is 36.5 Å². The Morgan fingerprint density at radius 1 is 1.20 bits per heavy atom. The monoisotopic (exact) mass is 556 g/mol. The highest BCUT2D eigenvalue weighted by atomic mass is 19.1. The molecule has 4 aliphatic carbocycles. The summed E-state index contributed by atoms with van der Waals surface area (Å²) < 4.78 is 46.2. The fourth-order valence-electron chi connectivity index (χ4n) is 8.80. The van der Waals surface area contributed by atoms with Crippen molar-refractivity contribution in [1.82, 2.24) is 0 Å². The molecule has 3 saturated carbocycles. The van der Waals surface area contributed by atoms with Crippen molar-refractivity contribution in [3.05, 3.63) is 48.1 Å². The van der Waals surface area contributed by atoms with E-state index in [9.17, 15) is 14.7 Å². The summed E-state index contributed by atoms with van der Waals surface area (Å²) in [6.07, 6.45) is 1.01. The number of Topliss-reactive ketones (excluding diaryl/α,β-unsaturated/α-hetero) is 1. The van der Waals surface area contributed by atoms with Gasteiger partial charge < -0.3 is 25.6 Å². The van der Waals surface area contributed by atoms with Crippen LogP contribution < -0.4 is 11.1 Å². The fraction of sp³-hybridized carbons (Fsp3) is 0.613. The summed E-state index contributed by atoms with van der Waals surface area (Å²) >= 11 is 0. The lowest BCUT2D eigenvalue weighted by atomic mass is 9.44. The summed E-state index contributed by atoms with van der Waals surface area (Å²) in [5.74, 6) is -2.02. The highest BCUT2D eigenvalue weighted by molar-refractivity contribution is 6.01. The third-order valence-electron chi connectivity index (χ3n) is 10.7. The number of hydrogen-bond donors (Lipinski definition) is 3. The van der Waals surface area contributed by atoms with Gasteiger partial charge in [0.25, 0.3) is 0 Å². The number of fused-ring (bicyclic) bond motifs is 7. The van der Waals surface area contributed by atoms with Crippen LogP contribution in [0.2, 0.25) is 0 Å². The molecule has 1 aromatic carbocycles. The van der Waals surface area contributed by atoms with Crippen LogP contribution in [0, 0.1) is 22.7 Å². The Hall–Kier alpha value is -2.62. The number of rotatable bonds is 6. The topological polar surface area (TPSA) is 111 Å². The molecule has 216 valence electrons. The Balaban J connectivity index is 1.39. The number of carbonyl (C=O) groups excluding carboxylic acids is 2. The predicted molar refractivity (Wildman–Crippen MR) is 146 cm³/mol. The Kier molecular flexibility index (Phi) is 6.33. The zero-order chi connectivity index (χ0) is 28.7. The van der Waals surface area contributed by atoms with Crippen LogP contribution in [-0.2, 0) is 19.1 Å². The predicted octanol–water partition coefficient (Wildman–Crippen LogP) is 4.46. The van der Waals surface area contributed by atoms with Crippen LogP contribution in [0.3, 0.4) is 0 Å². The number of anilines is 2. The third kappa shape index (κ3) is 3.50. The lowest BCUT2D eigenvalue weighted by Gasteiger charge is -2.63. The molecule has 0 aromatic heterocycles. The molecule has 1 aromatic rings. The lowest BCUT2D eigenvalue weighted by molar-refractivity contribution is -0.233. The van der Waals surface area contributed by atoms with E-state index in [0.717, 1.165) is 6.42 Å². The van der Waals surface area contributed by atoms with Crippen LogP contribution in [0.4, 0.5) is 20.2 Å². The Labute approximate surface area is 233 Å². The number of aliphatic hydroxyl groups excluding tert-OH is 1. The molecule has 0 amide bonds. The SMILES string of the molecule is CCCC1OC2CC3C4C[C@H](F)C5=CC(=O)C=CC5(C)[C@@]4(F)C(O)CC3(C)C2(C(=O)CNc2ccc(N)cc2)O1. The smallest absolute Gasteiger partial charge is 0.186 e. The number of benzene rings is 1. The number of halogens is 2. The molecule has 0 bridgehead atoms. The number of ketones is 2. The molecule has 4 N–H and O–H groups in total. The van der Waals surface area contributed by atoms with Crippen molar-refractivity contribution in [2.45, 2.75) is 88.8 Å². The van der Waals surface area contributed by atoms with Crippen molar-refractivity contribution in [3.63, 3.8) is 0 Å². The van der Waals surface area contributed by atoms with E-state index < -0.39 is 58.6 Å². The minimum Gasteiger partial charge on any atom is -0.399 e. The van der Waals surface area contributed by atoms with Gasteiger partial charge in [-0.1, -0.05) is 26.3 Å². The quantitative estimate of drug-likeness (QED) is 0.444. The number of ether oxygens (including phenoxy) is 2. The van der Waals surface area contributed by atoms with E-state index in [0.29, 0.717) is 24.2 Å². The second kappa shape index (κ2) is 9.19. The number of nitrogens with two attached hydrogens (primary N) is 1. The summed E-state index contributed by atoms with van der Waals surface area (Å²) in [5.41, 5.74) is 1.04. The van der Waals surface area contributed by atoms with Gasteiger partial charge in [-0.2, -0.15) is 0 Å². The van der Waals surface area contributed by atoms with E-state index in [1.54, 1.807) is 31.2 Å². The first-order valence-electron chi connectivity index (χ1n) is 14.3. The van der Waals surface area contributed by atoms with E-state index in [4.69, 9.17) is 15.2 Å². The average Bonchev–Trinajstić information content (AvgIpc) is 3.39. The second-order valence-electron chi connectivity index (χ2n) is 12.7. The van der Waals surface area contributed by atoms with E-state index >= 15 is 8.78 Å². The van der Waals surface area contributed by atoms with Crippen LogP contribution in [-0.4, -0.2) is 59.2 Å². The summed E-state index contributed by atoms with van der Waals surface area (Å²) in [4.78, 5) is 26.3. The largest absolute Gasteiger partial charge is 0.399 e. The van der Waals surface area contributed by atoms with Crippen LogP contribution in [0.5, 0.6) is 0 Å². The molecule has 8 unspecified atom stereocenters. The molecule has 6 rings (SSSR count). The third-order valence-corrected chi connectivity index (χ3v) is 10.7. The summed E-state index contributed by atoms with van der Waals surface area (Å²) in [5, 5.41) is 14.8. The van der Waals surface area contributed by atoms with Gasteiger partial charge in [-0.25, -0.2) is 8.78 Å². The van der Waals surface area contributed by atoms with Crippen molar-refractivity contribution in [2.24, 2.45) is 22.7 Å². The molecule has 4 fully saturated rings. The normalized spacial score (nSPS) is 45.2. The molecule has 1 saturated heterocycles. The molecule has 0 spiro atoms. The number of carbonyl (C=O) groups is 2. The van der Waals surface area contributed by atoms with Gasteiger partial charge in [0.1, 0.15) is 6.17 Å². The van der Waals surface area contributed by atoms with Crippen LogP contribution >= 0.6 is 0 Å². The van der Waals surface area contributed by atoms with Crippen molar-refractivity contribution in [2.75, 3.05) is 17.6 Å². The van der Waals surface area contributed by atoms with Gasteiger partial charge in [-0.15, -0.1) is 0 Å².